The Balaban J connectivity index is 1.25. The first-order valence-corrected chi connectivity index (χ1v) is 9.73. The Labute approximate surface area is 157 Å². The number of fused-ring (bicyclic) bond motifs is 5. The monoisotopic (exact) mass is 370 g/mol. The molecule has 0 spiro atoms. The fourth-order valence-corrected chi connectivity index (χ4v) is 4.87. The van der Waals surface area contributed by atoms with E-state index in [-0.39, 0.29) is 30.1 Å². The summed E-state index contributed by atoms with van der Waals surface area (Å²) in [6, 6.07) is 6.81. The van der Waals surface area contributed by atoms with Crippen molar-refractivity contribution in [1.29, 1.82) is 0 Å². The van der Waals surface area contributed by atoms with Gasteiger partial charge in [0.2, 0.25) is 0 Å². The van der Waals surface area contributed by atoms with Crippen molar-refractivity contribution in [3.05, 3.63) is 29.8 Å². The fourth-order valence-electron chi connectivity index (χ4n) is 4.87. The van der Waals surface area contributed by atoms with Crippen LogP contribution < -0.4 is 10.2 Å². The van der Waals surface area contributed by atoms with Crippen LogP contribution in [0.3, 0.4) is 0 Å². The molecule has 3 heterocycles. The summed E-state index contributed by atoms with van der Waals surface area (Å²) in [5.74, 6) is -1.34. The Hall–Kier alpha value is -2.41. The van der Waals surface area contributed by atoms with Crippen LogP contribution in [0.25, 0.3) is 0 Å². The van der Waals surface area contributed by atoms with E-state index in [1.807, 2.05) is 0 Å². The maximum Gasteiger partial charge on any atom is 0.270 e. The molecule has 3 saturated heterocycles. The number of benzene rings is 1. The second kappa shape index (κ2) is 6.34. The Morgan fingerprint density at radius 2 is 1.56 bits per heavy atom. The Bertz CT molecular complexity index is 758. The lowest BCUT2D eigenvalue weighted by Crippen LogP contribution is -2.47. The number of hydrazine groups is 1. The van der Waals surface area contributed by atoms with Crippen LogP contribution in [-0.4, -0.2) is 41.0 Å². The summed E-state index contributed by atoms with van der Waals surface area (Å²) < 4.78 is 11.6. The van der Waals surface area contributed by atoms with Crippen LogP contribution in [0.1, 0.15) is 48.9 Å². The number of nitrogens with one attached hydrogen (secondary N) is 1. The summed E-state index contributed by atoms with van der Waals surface area (Å²) in [5, 5.41) is 0.897. The largest absolute Gasteiger partial charge is 0.490 e. The third kappa shape index (κ3) is 2.72. The van der Waals surface area contributed by atoms with Crippen LogP contribution in [0, 0.1) is 11.8 Å². The fraction of sp³-hybridized carbons (Fsp3) is 0.550. The van der Waals surface area contributed by atoms with Crippen LogP contribution in [0.4, 0.5) is 0 Å². The van der Waals surface area contributed by atoms with E-state index in [9.17, 15) is 14.4 Å². The number of ether oxygens (including phenoxy) is 2. The van der Waals surface area contributed by atoms with Crippen LogP contribution in [-0.2, 0) is 14.3 Å². The number of carbonyl (C=O) groups is 3. The molecular formula is C20H22N2O5. The standard InChI is InChI=1S/C20H22N2O5/c23-18(11-5-7-13(8-6-11)26-12-3-1-2-4-12)21-22-19(24)16-14-9-10-15(27-14)17(16)20(22)25/h5-8,12,14-17H,1-4,9-10H2,(H,21,23)/t14-,15-,16-,17+/m1/s1. The highest BCUT2D eigenvalue weighted by molar-refractivity contribution is 6.08. The molecule has 1 N–H and O–H groups in total. The second-order valence-corrected chi connectivity index (χ2v) is 7.84. The first-order valence-electron chi connectivity index (χ1n) is 9.73. The smallest absolute Gasteiger partial charge is 0.270 e. The maximum absolute atomic E-state index is 12.6. The maximum atomic E-state index is 12.6. The highest BCUT2D eigenvalue weighted by Gasteiger charge is 2.62. The lowest BCUT2D eigenvalue weighted by Gasteiger charge is -2.18. The summed E-state index contributed by atoms with van der Waals surface area (Å²) >= 11 is 0. The van der Waals surface area contributed by atoms with Gasteiger partial charge in [0.25, 0.3) is 17.7 Å². The van der Waals surface area contributed by atoms with Gasteiger partial charge < -0.3 is 9.47 Å². The molecule has 0 unspecified atom stereocenters. The van der Waals surface area contributed by atoms with Crippen molar-refractivity contribution < 1.29 is 23.9 Å². The number of nitrogens with zero attached hydrogens (tertiary/aromatic N) is 1. The minimum Gasteiger partial charge on any atom is -0.490 e. The van der Waals surface area contributed by atoms with Gasteiger partial charge in [0.1, 0.15) is 5.75 Å². The molecule has 27 heavy (non-hydrogen) atoms. The summed E-state index contributed by atoms with van der Waals surface area (Å²) in [7, 11) is 0. The zero-order chi connectivity index (χ0) is 18.5. The third-order valence-corrected chi connectivity index (χ3v) is 6.22. The van der Waals surface area contributed by atoms with Gasteiger partial charge in [-0.3, -0.25) is 19.8 Å². The normalized spacial score (nSPS) is 32.2. The van der Waals surface area contributed by atoms with Gasteiger partial charge in [0.05, 0.1) is 30.1 Å². The molecule has 1 saturated carbocycles. The summed E-state index contributed by atoms with van der Waals surface area (Å²) in [6.45, 7) is 0. The van der Waals surface area contributed by atoms with E-state index in [4.69, 9.17) is 9.47 Å². The first-order chi connectivity index (χ1) is 13.1. The molecule has 5 rings (SSSR count). The molecule has 7 nitrogen and oxygen atoms in total. The predicted octanol–water partition coefficient (Wildman–Crippen LogP) is 1.82. The van der Waals surface area contributed by atoms with Crippen molar-refractivity contribution in [2.45, 2.75) is 56.8 Å². The minimum absolute atomic E-state index is 0.189. The lowest BCUT2D eigenvalue weighted by atomic mass is 9.81. The summed E-state index contributed by atoms with van der Waals surface area (Å²) in [6.07, 6.45) is 5.99. The zero-order valence-corrected chi connectivity index (χ0v) is 14.9. The van der Waals surface area contributed by atoms with Gasteiger partial charge >= 0.3 is 0 Å². The number of hydrogen-bond donors (Lipinski definition) is 1. The zero-order valence-electron chi connectivity index (χ0n) is 14.9. The van der Waals surface area contributed by atoms with Gasteiger partial charge in [0, 0.05) is 5.56 Å². The molecule has 2 bridgehead atoms. The average Bonchev–Trinajstić information content (AvgIpc) is 3.45. The quantitative estimate of drug-likeness (QED) is 0.817. The van der Waals surface area contributed by atoms with E-state index in [1.54, 1.807) is 24.3 Å². The molecule has 0 radical (unpaired) electrons. The summed E-state index contributed by atoms with van der Waals surface area (Å²) in [5.41, 5.74) is 2.86. The summed E-state index contributed by atoms with van der Waals surface area (Å²) in [4.78, 5) is 37.7. The van der Waals surface area contributed by atoms with Gasteiger partial charge in [-0.05, 0) is 62.8 Å². The van der Waals surface area contributed by atoms with Gasteiger partial charge in [-0.2, -0.15) is 5.01 Å². The Morgan fingerprint density at radius 3 is 2.15 bits per heavy atom. The molecule has 0 aromatic heterocycles. The third-order valence-electron chi connectivity index (χ3n) is 6.22. The highest BCUT2D eigenvalue weighted by atomic mass is 16.5. The van der Waals surface area contributed by atoms with E-state index in [0.29, 0.717) is 5.56 Å². The van der Waals surface area contributed by atoms with Crippen molar-refractivity contribution >= 4 is 17.7 Å². The van der Waals surface area contributed by atoms with Crippen molar-refractivity contribution in [3.8, 4) is 5.75 Å². The van der Waals surface area contributed by atoms with Crippen LogP contribution in [0.15, 0.2) is 24.3 Å². The Morgan fingerprint density at radius 1 is 0.963 bits per heavy atom. The van der Waals surface area contributed by atoms with E-state index in [2.05, 4.69) is 5.43 Å². The topological polar surface area (TPSA) is 84.9 Å². The molecule has 4 aliphatic rings. The number of carbonyl (C=O) groups excluding carboxylic acids is 3. The van der Waals surface area contributed by atoms with E-state index >= 15 is 0 Å². The second-order valence-electron chi connectivity index (χ2n) is 7.84. The van der Waals surface area contributed by atoms with Crippen molar-refractivity contribution in [2.75, 3.05) is 0 Å². The molecule has 4 fully saturated rings. The molecular weight excluding hydrogens is 348 g/mol. The van der Waals surface area contributed by atoms with E-state index in [0.717, 1.165) is 36.4 Å². The molecule has 1 aromatic carbocycles. The van der Waals surface area contributed by atoms with Crippen molar-refractivity contribution in [3.63, 3.8) is 0 Å². The number of rotatable bonds is 4. The lowest BCUT2D eigenvalue weighted by molar-refractivity contribution is -0.145. The van der Waals surface area contributed by atoms with Crippen molar-refractivity contribution in [1.82, 2.24) is 10.4 Å². The number of imide groups is 1. The molecule has 1 aliphatic carbocycles. The van der Waals surface area contributed by atoms with Crippen LogP contribution in [0.2, 0.25) is 0 Å². The molecule has 3 amide bonds. The SMILES string of the molecule is O=C(NN1C(=O)[C@@H]2[C@H](C1=O)[C@H]1CC[C@H]2O1)c1ccc(OC2CCCC2)cc1. The van der Waals surface area contributed by atoms with E-state index < -0.39 is 17.7 Å². The molecule has 7 heteroatoms. The van der Waals surface area contributed by atoms with Gasteiger partial charge in [-0.1, -0.05) is 0 Å². The van der Waals surface area contributed by atoms with E-state index in [1.165, 1.54) is 12.8 Å². The number of hydrogen-bond acceptors (Lipinski definition) is 5. The van der Waals surface area contributed by atoms with Gasteiger partial charge in [-0.25, -0.2) is 0 Å². The highest BCUT2D eigenvalue weighted by Crippen LogP contribution is 2.48. The molecule has 1 aromatic rings. The molecule has 3 aliphatic heterocycles. The Kier molecular flexibility index (Phi) is 3.93. The van der Waals surface area contributed by atoms with Crippen LogP contribution in [0.5, 0.6) is 5.75 Å². The average molecular weight is 370 g/mol. The van der Waals surface area contributed by atoms with Crippen molar-refractivity contribution in [2.24, 2.45) is 11.8 Å². The first kappa shape index (κ1) is 16.7. The molecule has 142 valence electrons. The van der Waals surface area contributed by atoms with Crippen LogP contribution >= 0.6 is 0 Å². The predicted molar refractivity (Wildman–Crippen MR) is 93.5 cm³/mol. The minimum atomic E-state index is -0.475. The van der Waals surface area contributed by atoms with Gasteiger partial charge in [-0.15, -0.1) is 0 Å². The number of amides is 3. The molecule has 4 atom stereocenters. The van der Waals surface area contributed by atoms with Gasteiger partial charge in [0.15, 0.2) is 0 Å².